The third kappa shape index (κ3) is 5.01. The van der Waals surface area contributed by atoms with Crippen molar-refractivity contribution in [3.8, 4) is 0 Å². The number of para-hydroxylation sites is 1. The lowest BCUT2D eigenvalue weighted by atomic mass is 10.2. The summed E-state index contributed by atoms with van der Waals surface area (Å²) in [6.45, 7) is 1.18. The topological polar surface area (TPSA) is 89.5 Å². The second-order valence-corrected chi connectivity index (χ2v) is 7.97. The Labute approximate surface area is 159 Å². The molecule has 1 unspecified atom stereocenters. The summed E-state index contributed by atoms with van der Waals surface area (Å²) < 4.78 is 55.2. The van der Waals surface area contributed by atoms with E-state index in [4.69, 9.17) is 16.3 Å². The summed E-state index contributed by atoms with van der Waals surface area (Å²) in [5.41, 5.74) is -0.946. The lowest BCUT2D eigenvalue weighted by Crippen LogP contribution is -2.30. The van der Waals surface area contributed by atoms with Gasteiger partial charge in [0.2, 0.25) is 0 Å². The molecule has 0 saturated heterocycles. The molecular formula is C17H14ClF2NO5S. The van der Waals surface area contributed by atoms with E-state index in [0.29, 0.717) is 0 Å². The minimum atomic E-state index is -3.60. The summed E-state index contributed by atoms with van der Waals surface area (Å²) in [5, 5.41) is 1.91. The molecule has 0 saturated carbocycles. The first-order valence-electron chi connectivity index (χ1n) is 7.46. The van der Waals surface area contributed by atoms with Crippen LogP contribution in [0.3, 0.4) is 0 Å². The number of sulfone groups is 1. The molecule has 0 spiro atoms. The van der Waals surface area contributed by atoms with Crippen molar-refractivity contribution in [2.75, 3.05) is 11.6 Å². The van der Waals surface area contributed by atoms with Gasteiger partial charge in [-0.25, -0.2) is 22.0 Å². The smallest absolute Gasteiger partial charge is 0.340 e. The predicted octanol–water partition coefficient (Wildman–Crippen LogP) is 3.21. The minimum absolute atomic E-state index is 0.0832. The van der Waals surface area contributed by atoms with Crippen LogP contribution in [0.4, 0.5) is 14.5 Å². The number of benzene rings is 2. The van der Waals surface area contributed by atoms with E-state index in [2.05, 4.69) is 0 Å². The lowest BCUT2D eigenvalue weighted by Gasteiger charge is -2.15. The Morgan fingerprint density at radius 1 is 1.15 bits per heavy atom. The number of hydrogen-bond acceptors (Lipinski definition) is 5. The highest BCUT2D eigenvalue weighted by molar-refractivity contribution is 7.90. The molecule has 0 aliphatic rings. The van der Waals surface area contributed by atoms with Gasteiger partial charge in [0.05, 0.1) is 15.5 Å². The molecule has 0 aliphatic carbocycles. The molecule has 1 N–H and O–H groups in total. The quantitative estimate of drug-likeness (QED) is 0.754. The predicted molar refractivity (Wildman–Crippen MR) is 94.4 cm³/mol. The summed E-state index contributed by atoms with van der Waals surface area (Å²) in [5.74, 6) is -4.04. The third-order valence-corrected chi connectivity index (χ3v) is 4.89. The molecule has 6 nitrogen and oxygen atoms in total. The van der Waals surface area contributed by atoms with Gasteiger partial charge in [-0.1, -0.05) is 17.7 Å². The zero-order valence-electron chi connectivity index (χ0n) is 14.1. The van der Waals surface area contributed by atoms with Gasteiger partial charge in [-0.3, -0.25) is 4.79 Å². The molecule has 1 amide bonds. The monoisotopic (exact) mass is 417 g/mol. The van der Waals surface area contributed by atoms with Crippen molar-refractivity contribution in [1.82, 2.24) is 0 Å². The number of nitrogens with one attached hydrogen (secondary N) is 1. The van der Waals surface area contributed by atoms with Gasteiger partial charge in [-0.2, -0.15) is 0 Å². The Kier molecular flexibility index (Phi) is 6.17. The average molecular weight is 418 g/mol. The molecule has 144 valence electrons. The van der Waals surface area contributed by atoms with Crippen molar-refractivity contribution in [2.24, 2.45) is 0 Å². The summed E-state index contributed by atoms with van der Waals surface area (Å²) in [4.78, 5) is 24.1. The first-order chi connectivity index (χ1) is 12.5. The maximum atomic E-state index is 13.6. The first-order valence-corrected chi connectivity index (χ1v) is 9.73. The van der Waals surface area contributed by atoms with Gasteiger partial charge in [0.15, 0.2) is 15.9 Å². The van der Waals surface area contributed by atoms with Gasteiger partial charge in [0.25, 0.3) is 5.91 Å². The maximum absolute atomic E-state index is 13.6. The van der Waals surface area contributed by atoms with Crippen LogP contribution in [0.1, 0.15) is 17.3 Å². The second kappa shape index (κ2) is 8.01. The number of hydrogen-bond donors (Lipinski definition) is 1. The normalized spacial score (nSPS) is 12.3. The van der Waals surface area contributed by atoms with E-state index in [1.807, 2.05) is 5.32 Å². The van der Waals surface area contributed by atoms with E-state index in [9.17, 15) is 26.8 Å². The number of rotatable bonds is 5. The molecule has 2 rings (SSSR count). The standard InChI is InChI=1S/C17H14ClF2NO5S/c1-9(16(22)21-15-13(19)4-3-5-14(15)20)26-17(23)11-8-10(27(2,24)25)6-7-12(11)18/h3-9H,1-2H3,(H,21,22). The van der Waals surface area contributed by atoms with Crippen LogP contribution in [-0.2, 0) is 19.4 Å². The van der Waals surface area contributed by atoms with E-state index in [-0.39, 0.29) is 15.5 Å². The molecule has 2 aromatic rings. The van der Waals surface area contributed by atoms with E-state index in [0.717, 1.165) is 30.5 Å². The molecular weight excluding hydrogens is 404 g/mol. The number of amides is 1. The summed E-state index contributed by atoms with van der Waals surface area (Å²) in [7, 11) is -3.60. The zero-order chi connectivity index (χ0) is 20.4. The largest absolute Gasteiger partial charge is 0.449 e. The Morgan fingerprint density at radius 3 is 2.30 bits per heavy atom. The number of ether oxygens (including phenoxy) is 1. The SMILES string of the molecule is CC(OC(=O)c1cc(S(C)(=O)=O)ccc1Cl)C(=O)Nc1c(F)cccc1F. The third-order valence-electron chi connectivity index (χ3n) is 3.45. The van der Waals surface area contributed by atoms with E-state index in [1.54, 1.807) is 0 Å². The number of carbonyl (C=O) groups is 2. The Balaban J connectivity index is 2.17. The van der Waals surface area contributed by atoms with Gasteiger partial charge in [0.1, 0.15) is 17.3 Å². The Morgan fingerprint density at radius 2 is 1.74 bits per heavy atom. The molecule has 0 heterocycles. The fourth-order valence-corrected chi connectivity index (χ4v) is 2.85. The van der Waals surface area contributed by atoms with Crippen LogP contribution < -0.4 is 5.32 Å². The van der Waals surface area contributed by atoms with Crippen LogP contribution in [-0.4, -0.2) is 32.7 Å². The van der Waals surface area contributed by atoms with Crippen LogP contribution in [0.15, 0.2) is 41.3 Å². The Bertz CT molecular complexity index is 990. The van der Waals surface area contributed by atoms with E-state index >= 15 is 0 Å². The molecule has 10 heteroatoms. The molecule has 0 aliphatic heterocycles. The fraction of sp³-hybridized carbons (Fsp3) is 0.176. The van der Waals surface area contributed by atoms with Gasteiger partial charge in [0, 0.05) is 6.26 Å². The highest BCUT2D eigenvalue weighted by Gasteiger charge is 2.23. The van der Waals surface area contributed by atoms with E-state index in [1.165, 1.54) is 19.1 Å². The summed E-state index contributed by atoms with van der Waals surface area (Å²) >= 11 is 5.88. The van der Waals surface area contributed by atoms with Crippen LogP contribution in [0.25, 0.3) is 0 Å². The van der Waals surface area contributed by atoms with Crippen LogP contribution >= 0.6 is 11.6 Å². The van der Waals surface area contributed by atoms with Crippen LogP contribution in [0.5, 0.6) is 0 Å². The van der Waals surface area contributed by atoms with Crippen molar-refractivity contribution < 1.29 is 31.5 Å². The summed E-state index contributed by atoms with van der Waals surface area (Å²) in [6, 6.07) is 6.46. The molecule has 0 aromatic heterocycles. The number of carbonyl (C=O) groups excluding carboxylic acids is 2. The molecule has 0 bridgehead atoms. The van der Waals surface area contributed by atoms with Crippen molar-refractivity contribution >= 4 is 39.0 Å². The van der Waals surface area contributed by atoms with Crippen molar-refractivity contribution in [2.45, 2.75) is 17.9 Å². The molecule has 1 atom stereocenters. The van der Waals surface area contributed by atoms with Crippen molar-refractivity contribution in [3.63, 3.8) is 0 Å². The number of halogens is 3. The molecule has 0 fully saturated rings. The van der Waals surface area contributed by atoms with E-state index < -0.39 is 45.1 Å². The zero-order valence-corrected chi connectivity index (χ0v) is 15.7. The lowest BCUT2D eigenvalue weighted by molar-refractivity contribution is -0.123. The molecule has 2 aromatic carbocycles. The van der Waals surface area contributed by atoms with Gasteiger partial charge < -0.3 is 10.1 Å². The second-order valence-electron chi connectivity index (χ2n) is 5.55. The van der Waals surface area contributed by atoms with Crippen molar-refractivity contribution in [1.29, 1.82) is 0 Å². The van der Waals surface area contributed by atoms with Gasteiger partial charge >= 0.3 is 5.97 Å². The number of esters is 1. The van der Waals surface area contributed by atoms with Crippen LogP contribution in [0.2, 0.25) is 5.02 Å². The van der Waals surface area contributed by atoms with Gasteiger partial charge in [-0.15, -0.1) is 0 Å². The highest BCUT2D eigenvalue weighted by atomic mass is 35.5. The van der Waals surface area contributed by atoms with Crippen molar-refractivity contribution in [3.05, 3.63) is 58.6 Å². The average Bonchev–Trinajstić information content (AvgIpc) is 2.57. The fourth-order valence-electron chi connectivity index (χ4n) is 2.01. The highest BCUT2D eigenvalue weighted by Crippen LogP contribution is 2.22. The molecule has 27 heavy (non-hydrogen) atoms. The maximum Gasteiger partial charge on any atom is 0.340 e. The Hall–Kier alpha value is -2.52. The van der Waals surface area contributed by atoms with Gasteiger partial charge in [-0.05, 0) is 37.3 Å². The summed E-state index contributed by atoms with van der Waals surface area (Å²) in [6.07, 6.45) is -0.487. The minimum Gasteiger partial charge on any atom is -0.449 e. The molecule has 0 radical (unpaired) electrons. The van der Waals surface area contributed by atoms with Crippen LogP contribution in [0, 0.1) is 11.6 Å². The number of anilines is 1. The first kappa shape index (κ1) is 20.8.